The van der Waals surface area contributed by atoms with E-state index in [2.05, 4.69) is 15.5 Å². The molecule has 7 nitrogen and oxygen atoms in total. The van der Waals surface area contributed by atoms with Gasteiger partial charge in [0, 0.05) is 38.3 Å². The molecule has 0 spiro atoms. The van der Waals surface area contributed by atoms with Gasteiger partial charge in [-0.25, -0.2) is 0 Å². The Kier molecular flexibility index (Phi) is 8.03. The highest BCUT2D eigenvalue weighted by atomic mass is 16.5. The van der Waals surface area contributed by atoms with E-state index < -0.39 is 6.04 Å². The number of nitrogens with one attached hydrogen (secondary N) is 2. The van der Waals surface area contributed by atoms with Crippen LogP contribution in [-0.2, 0) is 20.9 Å². The first kappa shape index (κ1) is 20.4. The Morgan fingerprint density at radius 3 is 2.69 bits per heavy atom. The molecule has 1 fully saturated rings. The van der Waals surface area contributed by atoms with E-state index in [1.54, 1.807) is 0 Å². The fraction of sp³-hybridized carbons (Fsp3) is 0.579. The van der Waals surface area contributed by atoms with E-state index in [4.69, 9.17) is 10.5 Å². The van der Waals surface area contributed by atoms with Gasteiger partial charge in [0.05, 0.1) is 19.3 Å². The number of nitrogens with zero attached hydrogens (tertiary/aromatic N) is 1. The predicted molar refractivity (Wildman–Crippen MR) is 102 cm³/mol. The van der Waals surface area contributed by atoms with Gasteiger partial charge < -0.3 is 21.1 Å². The van der Waals surface area contributed by atoms with Crippen molar-refractivity contribution in [2.75, 3.05) is 38.2 Å². The average molecular weight is 362 g/mol. The minimum absolute atomic E-state index is 0.0143. The van der Waals surface area contributed by atoms with Crippen LogP contribution in [0.15, 0.2) is 24.3 Å². The van der Waals surface area contributed by atoms with Gasteiger partial charge in [0.2, 0.25) is 11.8 Å². The van der Waals surface area contributed by atoms with E-state index in [9.17, 15) is 9.59 Å². The minimum atomic E-state index is -0.516. The first-order chi connectivity index (χ1) is 12.5. The van der Waals surface area contributed by atoms with Crippen molar-refractivity contribution in [1.82, 2.24) is 10.2 Å². The van der Waals surface area contributed by atoms with Gasteiger partial charge in [-0.3, -0.25) is 14.5 Å². The highest BCUT2D eigenvalue weighted by Gasteiger charge is 2.16. The number of carbonyl (C=O) groups is 2. The smallest absolute Gasteiger partial charge is 0.237 e. The normalized spacial score (nSPS) is 16.3. The zero-order chi connectivity index (χ0) is 18.9. The van der Waals surface area contributed by atoms with Crippen LogP contribution in [0.25, 0.3) is 0 Å². The van der Waals surface area contributed by atoms with Crippen LogP contribution in [0.3, 0.4) is 0 Å². The van der Waals surface area contributed by atoms with E-state index >= 15 is 0 Å². The lowest BCUT2D eigenvalue weighted by molar-refractivity contribution is -0.123. The fourth-order valence-corrected chi connectivity index (χ4v) is 2.68. The van der Waals surface area contributed by atoms with Gasteiger partial charge in [0.25, 0.3) is 0 Å². The Morgan fingerprint density at radius 1 is 1.27 bits per heavy atom. The van der Waals surface area contributed by atoms with E-state index in [-0.39, 0.29) is 17.7 Å². The molecule has 2 rings (SSSR count). The summed E-state index contributed by atoms with van der Waals surface area (Å²) < 4.78 is 5.30. The fourth-order valence-electron chi connectivity index (χ4n) is 2.68. The molecule has 4 N–H and O–H groups in total. The van der Waals surface area contributed by atoms with E-state index in [0.29, 0.717) is 13.0 Å². The molecule has 1 heterocycles. The van der Waals surface area contributed by atoms with Gasteiger partial charge in [-0.1, -0.05) is 26.0 Å². The molecule has 1 aromatic carbocycles. The summed E-state index contributed by atoms with van der Waals surface area (Å²) in [4.78, 5) is 26.3. The number of hydrogen-bond donors (Lipinski definition) is 3. The third-order valence-corrected chi connectivity index (χ3v) is 4.46. The van der Waals surface area contributed by atoms with Crippen molar-refractivity contribution in [2.24, 2.45) is 11.7 Å². The molecule has 1 aliphatic heterocycles. The Hall–Kier alpha value is -1.96. The van der Waals surface area contributed by atoms with Gasteiger partial charge in [-0.2, -0.15) is 0 Å². The highest BCUT2D eigenvalue weighted by molar-refractivity contribution is 5.90. The van der Waals surface area contributed by atoms with Crippen LogP contribution in [0, 0.1) is 5.92 Å². The summed E-state index contributed by atoms with van der Waals surface area (Å²) in [6.45, 7) is 8.16. The highest BCUT2D eigenvalue weighted by Crippen LogP contribution is 2.11. The lowest BCUT2D eigenvalue weighted by Gasteiger charge is -2.26. The van der Waals surface area contributed by atoms with Gasteiger partial charge in [-0.05, 0) is 23.6 Å². The minimum Gasteiger partial charge on any atom is -0.379 e. The van der Waals surface area contributed by atoms with Crippen LogP contribution in [0.5, 0.6) is 0 Å². The van der Waals surface area contributed by atoms with E-state index in [1.807, 2.05) is 38.1 Å². The molecule has 1 atom stereocenters. The zero-order valence-electron chi connectivity index (χ0n) is 15.7. The summed E-state index contributed by atoms with van der Waals surface area (Å²) >= 11 is 0. The van der Waals surface area contributed by atoms with Crippen molar-refractivity contribution in [1.29, 1.82) is 0 Å². The Bertz CT molecular complexity index is 600. The van der Waals surface area contributed by atoms with Crippen molar-refractivity contribution in [2.45, 2.75) is 32.9 Å². The number of morpholine rings is 1. The number of carbonyl (C=O) groups excluding carboxylic acids is 2. The largest absolute Gasteiger partial charge is 0.379 e. The molecular weight excluding hydrogens is 332 g/mol. The maximum absolute atomic E-state index is 12.1. The van der Waals surface area contributed by atoms with Gasteiger partial charge in [0.1, 0.15) is 0 Å². The molecule has 1 aliphatic rings. The molecule has 0 aliphatic carbocycles. The van der Waals surface area contributed by atoms with E-state index in [0.717, 1.165) is 44.1 Å². The van der Waals surface area contributed by atoms with Crippen LogP contribution in [0.4, 0.5) is 5.69 Å². The van der Waals surface area contributed by atoms with Gasteiger partial charge >= 0.3 is 0 Å². The second-order valence-corrected chi connectivity index (χ2v) is 6.94. The number of hydrogen-bond acceptors (Lipinski definition) is 5. The van der Waals surface area contributed by atoms with Crippen molar-refractivity contribution < 1.29 is 14.3 Å². The first-order valence-electron chi connectivity index (χ1n) is 9.18. The maximum Gasteiger partial charge on any atom is 0.237 e. The standard InChI is InChI=1S/C19H30N4O3/c1-14(2)18(20)19(25)21-13-15-4-3-5-16(12-15)22-17(24)6-7-23-8-10-26-11-9-23/h3-5,12,14,18H,6-11,13,20H2,1-2H3,(H,21,25)(H,22,24)/t18-/m0/s1. The molecule has 7 heteroatoms. The number of rotatable bonds is 8. The van der Waals surface area contributed by atoms with Crippen LogP contribution in [-0.4, -0.2) is 55.6 Å². The number of nitrogens with two attached hydrogens (primary N) is 1. The second kappa shape index (κ2) is 10.3. The molecule has 0 aromatic heterocycles. The Labute approximate surface area is 155 Å². The maximum atomic E-state index is 12.1. The first-order valence-corrected chi connectivity index (χ1v) is 9.18. The number of anilines is 1. The molecule has 0 radical (unpaired) electrons. The SMILES string of the molecule is CC(C)[C@H](N)C(=O)NCc1cccc(NC(=O)CCN2CCOCC2)c1. The monoisotopic (exact) mass is 362 g/mol. The van der Waals surface area contributed by atoms with Crippen LogP contribution in [0.1, 0.15) is 25.8 Å². The van der Waals surface area contributed by atoms with Crippen molar-refractivity contribution >= 4 is 17.5 Å². The van der Waals surface area contributed by atoms with Crippen molar-refractivity contribution in [3.05, 3.63) is 29.8 Å². The van der Waals surface area contributed by atoms with Gasteiger partial charge in [-0.15, -0.1) is 0 Å². The van der Waals surface area contributed by atoms with Crippen LogP contribution >= 0.6 is 0 Å². The molecule has 0 bridgehead atoms. The number of amides is 2. The molecule has 2 amide bonds. The molecule has 0 saturated carbocycles. The Morgan fingerprint density at radius 2 is 2.00 bits per heavy atom. The average Bonchev–Trinajstić information content (AvgIpc) is 2.65. The molecular formula is C19H30N4O3. The van der Waals surface area contributed by atoms with Gasteiger partial charge in [0.15, 0.2) is 0 Å². The summed E-state index contributed by atoms with van der Waals surface area (Å²) in [5.74, 6) is -0.0912. The number of ether oxygens (including phenoxy) is 1. The summed E-state index contributed by atoms with van der Waals surface area (Å²) in [5, 5.41) is 5.75. The third-order valence-electron chi connectivity index (χ3n) is 4.46. The van der Waals surface area contributed by atoms with Crippen LogP contribution in [0.2, 0.25) is 0 Å². The summed E-state index contributed by atoms with van der Waals surface area (Å²) in [7, 11) is 0. The summed E-state index contributed by atoms with van der Waals surface area (Å²) in [5.41, 5.74) is 7.48. The van der Waals surface area contributed by atoms with E-state index in [1.165, 1.54) is 0 Å². The predicted octanol–water partition coefficient (Wildman–Crippen LogP) is 0.947. The lowest BCUT2D eigenvalue weighted by Crippen LogP contribution is -2.43. The molecule has 0 unspecified atom stereocenters. The lowest BCUT2D eigenvalue weighted by atomic mass is 10.0. The summed E-state index contributed by atoms with van der Waals surface area (Å²) in [6.07, 6.45) is 0.449. The molecule has 1 aromatic rings. The number of benzene rings is 1. The third kappa shape index (κ3) is 6.74. The van der Waals surface area contributed by atoms with Crippen LogP contribution < -0.4 is 16.4 Å². The second-order valence-electron chi connectivity index (χ2n) is 6.94. The summed E-state index contributed by atoms with van der Waals surface area (Å²) in [6, 6.07) is 6.97. The zero-order valence-corrected chi connectivity index (χ0v) is 15.7. The molecule has 26 heavy (non-hydrogen) atoms. The molecule has 1 saturated heterocycles. The van der Waals surface area contributed by atoms with Crippen molar-refractivity contribution in [3.8, 4) is 0 Å². The topological polar surface area (TPSA) is 96.7 Å². The molecule has 144 valence electrons. The Balaban J connectivity index is 1.78. The quantitative estimate of drug-likeness (QED) is 0.640. The van der Waals surface area contributed by atoms with Crippen molar-refractivity contribution in [3.63, 3.8) is 0 Å².